The van der Waals surface area contributed by atoms with Gasteiger partial charge in [0.2, 0.25) is 0 Å². The van der Waals surface area contributed by atoms with Gasteiger partial charge in [-0.1, -0.05) is 36.4 Å². The number of benzene rings is 5. The molecule has 0 heterocycles. The second kappa shape index (κ2) is 13.9. The summed E-state index contributed by atoms with van der Waals surface area (Å²) in [6.45, 7) is 3.66. The Balaban J connectivity index is 1.49. The number of rotatable bonds is 11. The SMILES string of the molecule is Cc1ccccc1S(O[Cl+3]([O-])([O-])[O-])(c1ccc(Oc2ccc(I(O[Cl+3]([O-])([O-])[O-])c3ccccc3)cc2)cc1)c1ccccc1C. The molecule has 0 radical (unpaired) electrons. The summed E-state index contributed by atoms with van der Waals surface area (Å²) in [5.74, 6) is 0.832. The van der Waals surface area contributed by atoms with E-state index in [1.54, 1.807) is 103 Å². The van der Waals surface area contributed by atoms with Crippen LogP contribution in [0.3, 0.4) is 0 Å². The van der Waals surface area contributed by atoms with Crippen molar-refractivity contribution < 1.29 is 59.5 Å². The standard InChI is InChI=1S/C32H27Cl2IO9S/c1-24-10-6-8-14-31(24)45(44-34(39,40)41,32-15-9-7-11-25(32)2)30-22-20-29(21-23-30)42-28-18-16-27(17-19-28)35(43-33(36,37)38)26-12-4-3-5-13-26/h3-23H,1-2H3. The number of halogens is 3. The molecule has 45 heavy (non-hydrogen) atoms. The summed E-state index contributed by atoms with van der Waals surface area (Å²) in [5, 5.41) is 0. The third-order valence-electron chi connectivity index (χ3n) is 6.44. The van der Waals surface area contributed by atoms with Crippen LogP contribution in [0.5, 0.6) is 11.5 Å². The van der Waals surface area contributed by atoms with E-state index in [4.69, 9.17) is 11.1 Å². The number of hydrogen-bond acceptors (Lipinski definition) is 9. The molecule has 0 fully saturated rings. The molecule has 0 N–H and O–H groups in total. The molecule has 5 rings (SSSR count). The Labute approximate surface area is 274 Å². The van der Waals surface area contributed by atoms with Crippen molar-refractivity contribution in [2.75, 3.05) is 0 Å². The van der Waals surface area contributed by atoms with Gasteiger partial charge in [-0.05, 0) is 13.8 Å². The zero-order valence-corrected chi connectivity index (χ0v) is 28.3. The van der Waals surface area contributed by atoms with Crippen molar-refractivity contribution >= 4 is 30.5 Å². The van der Waals surface area contributed by atoms with Crippen LogP contribution < -0.4 is 32.7 Å². The normalized spacial score (nSPS) is 12.9. The first kappa shape index (κ1) is 33.6. The Kier molecular flexibility index (Phi) is 10.4. The fourth-order valence-corrected chi connectivity index (χ4v) is 14.7. The summed E-state index contributed by atoms with van der Waals surface area (Å²) in [6, 6.07) is 36.3. The monoisotopic (exact) mass is 784 g/mol. The molecule has 0 spiro atoms. The first-order chi connectivity index (χ1) is 21.4. The maximum atomic E-state index is 12.3. The third kappa shape index (κ3) is 8.16. The summed E-state index contributed by atoms with van der Waals surface area (Å²) in [4.78, 5) is 1.60. The zero-order valence-electron chi connectivity index (χ0n) is 23.8. The Morgan fingerprint density at radius 2 is 0.956 bits per heavy atom. The smallest absolute Gasteiger partial charge is 0.0619 e. The molecule has 0 aliphatic heterocycles. The van der Waals surface area contributed by atoms with Crippen molar-refractivity contribution in [3.05, 3.63) is 146 Å². The Hall–Kier alpha value is -2.76. The predicted octanol–water partition coefficient (Wildman–Crippen LogP) is 2.58. The van der Waals surface area contributed by atoms with Crippen LogP contribution in [0.25, 0.3) is 0 Å². The second-order valence-electron chi connectivity index (χ2n) is 9.54. The van der Waals surface area contributed by atoms with E-state index < -0.39 is 51.0 Å². The molecule has 0 aliphatic rings. The summed E-state index contributed by atoms with van der Waals surface area (Å²) in [7, 11) is -12.5. The van der Waals surface area contributed by atoms with E-state index in [2.05, 4.69) is 0 Å². The Bertz CT molecular complexity index is 1680. The van der Waals surface area contributed by atoms with Crippen LogP contribution >= 0.6 is 30.5 Å². The van der Waals surface area contributed by atoms with Crippen LogP contribution in [0.1, 0.15) is 11.1 Å². The molecule has 0 saturated heterocycles. The van der Waals surface area contributed by atoms with E-state index in [1.165, 1.54) is 0 Å². The molecule has 9 nitrogen and oxygen atoms in total. The minimum Gasteiger partial charge on any atom is -0.0619 e. The van der Waals surface area contributed by atoms with Gasteiger partial charge in [-0.3, -0.25) is 0 Å². The quantitative estimate of drug-likeness (QED) is 0.183. The van der Waals surface area contributed by atoms with E-state index in [9.17, 15) is 28.0 Å². The first-order valence-corrected chi connectivity index (χ1v) is 20.2. The molecule has 5 aromatic carbocycles. The van der Waals surface area contributed by atoms with Gasteiger partial charge in [0.15, 0.2) is 0 Å². The zero-order chi connectivity index (χ0) is 32.2. The van der Waals surface area contributed by atoms with Crippen LogP contribution in [-0.2, 0) is 6.35 Å². The molecule has 0 unspecified atom stereocenters. The van der Waals surface area contributed by atoms with Gasteiger partial charge in [0.05, 0.1) is 0 Å². The molecule has 0 aliphatic carbocycles. The van der Waals surface area contributed by atoms with Gasteiger partial charge in [-0.25, -0.2) is 0 Å². The fraction of sp³-hybridized carbons (Fsp3) is 0.0625. The first-order valence-electron chi connectivity index (χ1n) is 13.2. The van der Waals surface area contributed by atoms with Crippen molar-refractivity contribution in [2.24, 2.45) is 0 Å². The molecular weight excluding hydrogens is 758 g/mol. The van der Waals surface area contributed by atoms with Gasteiger partial charge in [0.25, 0.3) is 0 Å². The van der Waals surface area contributed by atoms with E-state index in [1.807, 2.05) is 38.1 Å². The van der Waals surface area contributed by atoms with Gasteiger partial charge >= 0.3 is 212 Å². The molecule has 0 atom stereocenters. The van der Waals surface area contributed by atoms with Crippen LogP contribution in [0.2, 0.25) is 0 Å². The fourth-order valence-electron chi connectivity index (χ4n) is 4.60. The third-order valence-corrected chi connectivity index (χ3v) is 17.1. The van der Waals surface area contributed by atoms with Gasteiger partial charge < -0.3 is 0 Å². The predicted molar refractivity (Wildman–Crippen MR) is 158 cm³/mol. The molecule has 0 amide bonds. The van der Waals surface area contributed by atoms with Crippen molar-refractivity contribution in [1.29, 1.82) is 0 Å². The molecule has 0 bridgehead atoms. The van der Waals surface area contributed by atoms with E-state index in [0.717, 1.165) is 11.1 Å². The van der Waals surface area contributed by atoms with Crippen molar-refractivity contribution in [1.82, 2.24) is 0 Å². The number of hydrogen-bond donors (Lipinski definition) is 0. The number of ether oxygens (including phenoxy) is 1. The summed E-state index contributed by atoms with van der Waals surface area (Å²) >= 11 is -3.07. The van der Waals surface area contributed by atoms with Gasteiger partial charge in [0.1, 0.15) is 0 Å². The van der Waals surface area contributed by atoms with Crippen molar-refractivity contribution in [2.45, 2.75) is 28.5 Å². The summed E-state index contributed by atoms with van der Waals surface area (Å²) < 4.78 is 88.9. The Morgan fingerprint density at radius 1 is 0.511 bits per heavy atom. The van der Waals surface area contributed by atoms with Gasteiger partial charge in [0, 0.05) is 0 Å². The average molecular weight is 785 g/mol. The Morgan fingerprint density at radius 3 is 1.42 bits per heavy atom. The van der Waals surface area contributed by atoms with Crippen LogP contribution in [0.15, 0.2) is 142 Å². The summed E-state index contributed by atoms with van der Waals surface area (Å²) in [5.41, 5.74) is 1.50. The molecule has 0 aromatic heterocycles. The molecule has 5 aromatic rings. The maximum absolute atomic E-state index is 12.3. The van der Waals surface area contributed by atoms with Crippen LogP contribution in [0, 0.1) is 41.5 Å². The average Bonchev–Trinajstić information content (AvgIpc) is 3.00. The molecule has 0 saturated carbocycles. The minimum atomic E-state index is -4.84. The topological polar surface area (TPSA) is 166 Å². The molecule has 236 valence electrons. The van der Waals surface area contributed by atoms with Gasteiger partial charge in [-0.15, -0.1) is 0 Å². The number of aryl methyl sites for hydroxylation is 2. The van der Waals surface area contributed by atoms with E-state index in [-0.39, 0.29) is 0 Å². The van der Waals surface area contributed by atoms with Crippen molar-refractivity contribution in [3.8, 4) is 11.5 Å². The molecule has 13 heteroatoms. The van der Waals surface area contributed by atoms with Crippen LogP contribution in [-0.4, -0.2) is 0 Å². The van der Waals surface area contributed by atoms with E-state index >= 15 is 0 Å². The molecular formula is C32H27Cl2IO9S. The van der Waals surface area contributed by atoms with Crippen LogP contribution in [0.4, 0.5) is 0 Å². The second-order valence-corrected chi connectivity index (χ2v) is 19.0. The van der Waals surface area contributed by atoms with Crippen molar-refractivity contribution in [3.63, 3.8) is 0 Å². The minimum absolute atomic E-state index is 0.409. The van der Waals surface area contributed by atoms with E-state index in [0.29, 0.717) is 33.3 Å². The van der Waals surface area contributed by atoms with Gasteiger partial charge in [-0.2, -0.15) is 14.0 Å². The summed E-state index contributed by atoms with van der Waals surface area (Å²) in [6.07, 6.45) is 0.